The first-order valence-electron chi connectivity index (χ1n) is 53.5. The third-order valence-corrected chi connectivity index (χ3v) is 25.8. The van der Waals surface area contributed by atoms with E-state index in [0.29, 0.717) is 89.9 Å². The Bertz CT molecular complexity index is 2820. The number of allylic oxidation sites excluding steroid dienone is 8. The van der Waals surface area contributed by atoms with Gasteiger partial charge in [-0.1, -0.05) is 284 Å². The third-order valence-electron chi connectivity index (χ3n) is 23.2. The van der Waals surface area contributed by atoms with Crippen molar-refractivity contribution in [2.24, 2.45) is 0 Å². The molecule has 770 valence electrons. The van der Waals surface area contributed by atoms with E-state index in [4.69, 9.17) is 46.5 Å². The average molecular weight is 1910 g/mol. The van der Waals surface area contributed by atoms with Crippen molar-refractivity contribution in [2.45, 2.75) is 503 Å². The number of hydrogen-bond donors (Lipinski definition) is 4. The van der Waals surface area contributed by atoms with Crippen molar-refractivity contribution in [3.05, 3.63) is 48.6 Å². The highest BCUT2D eigenvalue weighted by Gasteiger charge is 2.28. The van der Waals surface area contributed by atoms with Gasteiger partial charge in [0.1, 0.15) is 24.4 Å². The van der Waals surface area contributed by atoms with Gasteiger partial charge in [0.15, 0.2) is 0 Å². The molecule has 0 saturated heterocycles. The summed E-state index contributed by atoms with van der Waals surface area (Å²) in [6.07, 6.45) is 70.5. The summed E-state index contributed by atoms with van der Waals surface area (Å²) in [7, 11) is -7.57. The van der Waals surface area contributed by atoms with Crippen molar-refractivity contribution >= 4 is 62.7 Å². The highest BCUT2D eigenvalue weighted by Crippen LogP contribution is 2.44. The quantitative estimate of drug-likeness (QED) is 0.0145. The Morgan fingerprint density at radius 1 is 0.250 bits per heavy atom. The number of amides is 4. The second-order valence-corrected chi connectivity index (χ2v) is 40.6. The fraction of sp³-hybridized carbons (Fsp3) is 0.849. The molecule has 26 heteroatoms. The van der Waals surface area contributed by atoms with Crippen LogP contribution < -0.4 is 21.3 Å². The normalized spacial score (nSPS) is 14.1. The zero-order valence-electron chi connectivity index (χ0n) is 85.5. The van der Waals surface area contributed by atoms with Gasteiger partial charge in [0.25, 0.3) is 0 Å². The van der Waals surface area contributed by atoms with Crippen LogP contribution in [0.25, 0.3) is 0 Å². The lowest BCUT2D eigenvalue weighted by Gasteiger charge is -2.24. The van der Waals surface area contributed by atoms with Crippen LogP contribution in [-0.4, -0.2) is 163 Å². The molecule has 0 aromatic heterocycles. The summed E-state index contributed by atoms with van der Waals surface area (Å²) in [5.74, 6) is -2.51. The summed E-state index contributed by atoms with van der Waals surface area (Å²) in [6.45, 7) is 19.7. The van der Waals surface area contributed by atoms with Crippen molar-refractivity contribution < 1.29 is 94.0 Å². The Morgan fingerprint density at radius 3 is 0.765 bits per heavy atom. The van der Waals surface area contributed by atoms with Gasteiger partial charge in [-0.3, -0.25) is 47.5 Å². The van der Waals surface area contributed by atoms with E-state index in [1.807, 2.05) is 0 Å². The molecule has 0 radical (unpaired) electrons. The van der Waals surface area contributed by atoms with Gasteiger partial charge in [0.2, 0.25) is 23.6 Å². The summed E-state index contributed by atoms with van der Waals surface area (Å²) in [6, 6.07) is -1.60. The minimum Gasteiger partial charge on any atom is -0.462 e. The number of rotatable bonds is 99. The van der Waals surface area contributed by atoms with E-state index in [1.165, 1.54) is 103 Å². The molecule has 0 fully saturated rings. The Balaban J connectivity index is 6.08. The first kappa shape index (κ1) is 127. The van der Waals surface area contributed by atoms with E-state index in [2.05, 4.69) is 125 Å². The number of unbranched alkanes of at least 4 members (excludes halogenated alkanes) is 37. The van der Waals surface area contributed by atoms with Gasteiger partial charge in [-0.2, -0.15) is 0 Å². The standard InChI is InChI=1S/C106H196N4O20P2/c1-11-19-27-35-39-43-47-55-63-75-103(115)127-95(69-59-51-31-23-15-5)79-83-121-89-93(109-101(113)87-97(71-61-53-33-25-17-7)129-105(117)77-65-57-49-45-41-37-29-21-13-3)91-125-131(9,119)123-85-81-107-99(111)73-67-68-74-100(112)108-82-86-124-132(10,120)126-92-94(90-122-84-80-96(70-60-52-32-24-16-6)128-104(116)76-64-56-48-44-40-36-28-20-12-2)110-102(114)88-98(72-62-54-34-26-18-8)130-106(118)78-66-58-50-46-42-38-30-22-14-4/h43-50,93-98H,11-42,51-92H2,1-10H3,(H,107,111)(H,108,112)(H,109,113)(H,110,114)/b47-43-,48-44-,49-45-,50-46-/t93?,94?,95?,96?,97-,98?,131?,132?/m1/s1. The van der Waals surface area contributed by atoms with Crippen LogP contribution in [0.5, 0.6) is 0 Å². The molecule has 0 aliphatic carbocycles. The zero-order valence-corrected chi connectivity index (χ0v) is 87.3. The van der Waals surface area contributed by atoms with E-state index in [9.17, 15) is 47.5 Å². The lowest BCUT2D eigenvalue weighted by Crippen LogP contribution is -2.43. The van der Waals surface area contributed by atoms with Crippen molar-refractivity contribution in [1.82, 2.24) is 21.3 Å². The Hall–Kier alpha value is -5.06. The van der Waals surface area contributed by atoms with E-state index in [0.717, 1.165) is 193 Å². The summed E-state index contributed by atoms with van der Waals surface area (Å²) in [5.41, 5.74) is 0. The minimum atomic E-state index is -3.78. The number of carbonyl (C=O) groups excluding carboxylic acids is 8. The monoisotopic (exact) mass is 1910 g/mol. The topological polar surface area (TPSA) is 311 Å². The second-order valence-electron chi connectivity index (χ2n) is 36.5. The molecular weight excluding hydrogens is 1710 g/mol. The van der Waals surface area contributed by atoms with Gasteiger partial charge in [0.05, 0.1) is 77.8 Å². The molecular formula is C106H196N4O20P2. The van der Waals surface area contributed by atoms with Crippen LogP contribution in [0.1, 0.15) is 466 Å². The van der Waals surface area contributed by atoms with Crippen molar-refractivity contribution in [3.63, 3.8) is 0 Å². The molecule has 132 heavy (non-hydrogen) atoms. The Labute approximate surface area is 804 Å². The molecule has 0 aliphatic rings. The van der Waals surface area contributed by atoms with Crippen LogP contribution in [-0.2, 0) is 94.0 Å². The first-order valence-corrected chi connectivity index (χ1v) is 57.4. The summed E-state index contributed by atoms with van der Waals surface area (Å²) >= 11 is 0. The van der Waals surface area contributed by atoms with Gasteiger partial charge in [0, 0.05) is 77.8 Å². The Morgan fingerprint density at radius 2 is 0.492 bits per heavy atom. The van der Waals surface area contributed by atoms with Gasteiger partial charge in [-0.05, 0) is 167 Å². The summed E-state index contributed by atoms with van der Waals surface area (Å²) in [5, 5.41) is 11.6. The summed E-state index contributed by atoms with van der Waals surface area (Å²) in [4.78, 5) is 107. The minimum absolute atomic E-state index is 0.0150. The summed E-state index contributed by atoms with van der Waals surface area (Å²) < 4.78 is 87.7. The Kier molecular flexibility index (Phi) is 90.0. The smallest absolute Gasteiger partial charge is 0.327 e. The van der Waals surface area contributed by atoms with Crippen LogP contribution in [0.2, 0.25) is 0 Å². The predicted molar refractivity (Wildman–Crippen MR) is 539 cm³/mol. The van der Waals surface area contributed by atoms with Crippen LogP contribution in [0.4, 0.5) is 0 Å². The van der Waals surface area contributed by atoms with Crippen molar-refractivity contribution in [3.8, 4) is 0 Å². The average Bonchev–Trinajstić information content (AvgIpc) is 0.903. The fourth-order valence-corrected chi connectivity index (χ4v) is 17.1. The first-order chi connectivity index (χ1) is 64.1. The van der Waals surface area contributed by atoms with Gasteiger partial charge < -0.3 is 67.8 Å². The molecule has 8 atom stereocenters. The second kappa shape index (κ2) is 93.6. The number of esters is 4. The fourth-order valence-electron chi connectivity index (χ4n) is 15.2. The molecule has 0 aromatic rings. The molecule has 0 heterocycles. The molecule has 4 amide bonds. The molecule has 0 aliphatic heterocycles. The maximum absolute atomic E-state index is 14.1. The van der Waals surface area contributed by atoms with E-state index in [-0.39, 0.29) is 164 Å². The predicted octanol–water partition coefficient (Wildman–Crippen LogP) is 26.9. The molecule has 0 aromatic carbocycles. The highest BCUT2D eigenvalue weighted by molar-refractivity contribution is 7.53. The zero-order chi connectivity index (χ0) is 97.0. The highest BCUT2D eigenvalue weighted by atomic mass is 31.2. The molecule has 7 unspecified atom stereocenters. The SMILES string of the molecule is CCCCCC/C=C\CCCC(=O)OC(CCCCCCC)CCOCC(COP(C)(=O)OCCNC(=O)CCCCC(=O)NCCOP(C)(=O)OCC(COCCC(CCCCCCC)OC(=O)CCC/C=C\CCCCCC)NC(=O)C[C@@H](CCCCCCC)OC(=O)CCC/C=C\CCCCCC)NC(=O)CC(CCCCCCC)OC(=O)CCC/C=C\CCCCCC. The number of hydrogen-bond acceptors (Lipinski definition) is 20. The largest absolute Gasteiger partial charge is 0.462 e. The van der Waals surface area contributed by atoms with E-state index < -0.39 is 39.5 Å². The molecule has 0 saturated carbocycles. The van der Waals surface area contributed by atoms with Crippen molar-refractivity contribution in [2.75, 3.05) is 79.3 Å². The van der Waals surface area contributed by atoms with Gasteiger partial charge >= 0.3 is 39.1 Å². The van der Waals surface area contributed by atoms with Crippen LogP contribution in [0.15, 0.2) is 48.6 Å². The van der Waals surface area contributed by atoms with Gasteiger partial charge in [-0.25, -0.2) is 0 Å². The number of carbonyl (C=O) groups is 8. The van der Waals surface area contributed by atoms with E-state index in [1.54, 1.807) is 0 Å². The van der Waals surface area contributed by atoms with Crippen LogP contribution >= 0.6 is 15.2 Å². The maximum Gasteiger partial charge on any atom is 0.327 e. The molecule has 0 spiro atoms. The lowest BCUT2D eigenvalue weighted by atomic mass is 10.1. The number of nitrogens with one attached hydrogen (secondary N) is 4. The molecule has 4 N–H and O–H groups in total. The molecule has 24 nitrogen and oxygen atoms in total. The van der Waals surface area contributed by atoms with Crippen LogP contribution in [0.3, 0.4) is 0 Å². The van der Waals surface area contributed by atoms with Crippen molar-refractivity contribution in [1.29, 1.82) is 0 Å². The third kappa shape index (κ3) is 87.7. The molecule has 0 bridgehead atoms. The maximum atomic E-state index is 14.1. The lowest BCUT2D eigenvalue weighted by molar-refractivity contribution is -0.152. The number of ether oxygens (including phenoxy) is 6. The van der Waals surface area contributed by atoms with Crippen LogP contribution in [0, 0.1) is 0 Å². The van der Waals surface area contributed by atoms with Gasteiger partial charge in [-0.15, -0.1) is 0 Å². The molecule has 0 rings (SSSR count). The van der Waals surface area contributed by atoms with E-state index >= 15 is 0 Å².